The van der Waals surface area contributed by atoms with Crippen LogP contribution in [0.25, 0.3) is 0 Å². The van der Waals surface area contributed by atoms with Gasteiger partial charge in [0.1, 0.15) is 0 Å². The van der Waals surface area contributed by atoms with Crippen LogP contribution in [-0.4, -0.2) is 56.3 Å². The Morgan fingerprint density at radius 1 is 1.20 bits per heavy atom. The molecule has 1 fully saturated rings. The van der Waals surface area contributed by atoms with Gasteiger partial charge in [0.15, 0.2) is 9.84 Å². The highest BCUT2D eigenvalue weighted by Crippen LogP contribution is 2.37. The van der Waals surface area contributed by atoms with Crippen LogP contribution in [0, 0.1) is 0 Å². The maximum absolute atomic E-state index is 12.9. The van der Waals surface area contributed by atoms with E-state index >= 15 is 0 Å². The second-order valence-corrected chi connectivity index (χ2v) is 9.49. The van der Waals surface area contributed by atoms with Crippen molar-refractivity contribution in [3.63, 3.8) is 0 Å². The first-order chi connectivity index (χ1) is 11.9. The summed E-state index contributed by atoms with van der Waals surface area (Å²) in [5.74, 6) is 0.243. The summed E-state index contributed by atoms with van der Waals surface area (Å²) in [4.78, 5) is 28.5. The monoisotopic (exact) mass is 362 g/mol. The van der Waals surface area contributed by atoms with Gasteiger partial charge in [0.05, 0.1) is 17.2 Å². The quantitative estimate of drug-likeness (QED) is 0.792. The molecule has 1 aromatic carbocycles. The van der Waals surface area contributed by atoms with Crippen LogP contribution in [0.1, 0.15) is 40.7 Å². The molecule has 3 aliphatic rings. The summed E-state index contributed by atoms with van der Waals surface area (Å²) >= 11 is 0. The summed E-state index contributed by atoms with van der Waals surface area (Å²) in [5.41, 5.74) is 3.74. The number of benzene rings is 1. The van der Waals surface area contributed by atoms with Crippen molar-refractivity contribution in [2.24, 2.45) is 0 Å². The summed E-state index contributed by atoms with van der Waals surface area (Å²) in [6.07, 6.45) is 3.44. The van der Waals surface area contributed by atoms with Gasteiger partial charge in [-0.15, -0.1) is 0 Å². The van der Waals surface area contributed by atoms with E-state index in [1.807, 2.05) is 17.0 Å². The molecule has 0 aromatic heterocycles. The summed E-state index contributed by atoms with van der Waals surface area (Å²) in [7, 11) is -1.34. The third-order valence-electron chi connectivity index (χ3n) is 5.60. The Morgan fingerprint density at radius 2 is 1.92 bits per heavy atom. The molecule has 0 N–H and O–H groups in total. The maximum Gasteiger partial charge on any atom is 0.253 e. The summed E-state index contributed by atoms with van der Waals surface area (Å²) in [5, 5.41) is 0. The van der Waals surface area contributed by atoms with Gasteiger partial charge in [-0.05, 0) is 48.9 Å². The number of amides is 2. The molecule has 0 bridgehead atoms. The molecule has 25 heavy (non-hydrogen) atoms. The molecule has 134 valence electrons. The Hall–Kier alpha value is -1.89. The Balaban J connectivity index is 1.65. The predicted molar refractivity (Wildman–Crippen MR) is 94.6 cm³/mol. The highest BCUT2D eigenvalue weighted by molar-refractivity contribution is 7.91. The number of hydrogen-bond donors (Lipinski definition) is 0. The van der Waals surface area contributed by atoms with Gasteiger partial charge < -0.3 is 9.80 Å². The third kappa shape index (κ3) is 2.84. The molecule has 0 spiro atoms. The highest BCUT2D eigenvalue weighted by Gasteiger charge is 2.34. The van der Waals surface area contributed by atoms with Crippen molar-refractivity contribution in [1.82, 2.24) is 4.90 Å². The van der Waals surface area contributed by atoms with Crippen LogP contribution < -0.4 is 4.90 Å². The summed E-state index contributed by atoms with van der Waals surface area (Å²) in [6, 6.07) is 3.54. The highest BCUT2D eigenvalue weighted by atomic mass is 32.2. The Kier molecular flexibility index (Phi) is 3.86. The van der Waals surface area contributed by atoms with Gasteiger partial charge in [-0.1, -0.05) is 0 Å². The number of sulfone groups is 1. The molecule has 3 heterocycles. The van der Waals surface area contributed by atoms with Gasteiger partial charge in [-0.3, -0.25) is 9.59 Å². The smallest absolute Gasteiger partial charge is 0.253 e. The topological polar surface area (TPSA) is 74.8 Å². The van der Waals surface area contributed by atoms with Crippen molar-refractivity contribution in [3.8, 4) is 0 Å². The van der Waals surface area contributed by atoms with E-state index in [0.717, 1.165) is 36.2 Å². The molecule has 1 atom stereocenters. The molecule has 6 nitrogen and oxygen atoms in total. The molecule has 0 aliphatic carbocycles. The number of anilines is 1. The van der Waals surface area contributed by atoms with Crippen molar-refractivity contribution in [1.29, 1.82) is 0 Å². The minimum Gasteiger partial charge on any atom is -0.338 e. The van der Waals surface area contributed by atoms with Crippen molar-refractivity contribution in [2.45, 2.75) is 38.1 Å². The second-order valence-electron chi connectivity index (χ2n) is 7.26. The lowest BCUT2D eigenvalue weighted by Gasteiger charge is -2.35. The van der Waals surface area contributed by atoms with Crippen molar-refractivity contribution >= 4 is 27.3 Å². The van der Waals surface area contributed by atoms with Gasteiger partial charge >= 0.3 is 0 Å². The first-order valence-corrected chi connectivity index (χ1v) is 10.6. The molecule has 2 amide bonds. The zero-order chi connectivity index (χ0) is 17.8. The first-order valence-electron chi connectivity index (χ1n) is 8.79. The standard InChI is InChI=1S/C18H22N2O4S/c1-19(15-6-8-25(23,24)11-15)18(22)14-9-12-3-2-7-20-16(21)5-4-13(10-14)17(12)20/h9-10,15H,2-8,11H2,1H3. The van der Waals surface area contributed by atoms with E-state index in [4.69, 9.17) is 0 Å². The third-order valence-corrected chi connectivity index (χ3v) is 7.35. The SMILES string of the molecule is CN(C(=O)c1cc2c3c(c1)CCC(=O)N3CCC2)C1CCS(=O)(=O)C1. The van der Waals surface area contributed by atoms with Crippen LogP contribution in [-0.2, 0) is 27.5 Å². The average molecular weight is 362 g/mol. The minimum absolute atomic E-state index is 0.0509. The molecule has 1 saturated heterocycles. The van der Waals surface area contributed by atoms with E-state index < -0.39 is 9.84 Å². The fourth-order valence-electron chi connectivity index (χ4n) is 4.23. The lowest BCUT2D eigenvalue weighted by atomic mass is 9.89. The van der Waals surface area contributed by atoms with Crippen LogP contribution in [0.3, 0.4) is 0 Å². The molecule has 7 heteroatoms. The zero-order valence-electron chi connectivity index (χ0n) is 14.3. The van der Waals surface area contributed by atoms with E-state index in [9.17, 15) is 18.0 Å². The maximum atomic E-state index is 12.9. The predicted octanol–water partition coefficient (Wildman–Crippen LogP) is 1.17. The number of hydrogen-bond acceptors (Lipinski definition) is 4. The number of carbonyl (C=O) groups is 2. The molecule has 1 unspecified atom stereocenters. The average Bonchev–Trinajstić information content (AvgIpc) is 2.96. The van der Waals surface area contributed by atoms with Crippen molar-refractivity contribution < 1.29 is 18.0 Å². The first kappa shape index (κ1) is 16.6. The lowest BCUT2D eigenvalue weighted by Crippen LogP contribution is -2.40. The molecule has 0 radical (unpaired) electrons. The normalized spacial score (nSPS) is 24.1. The van der Waals surface area contributed by atoms with Gasteiger partial charge in [0, 0.05) is 31.6 Å². The lowest BCUT2D eigenvalue weighted by molar-refractivity contribution is -0.119. The molecule has 4 rings (SSSR count). The number of rotatable bonds is 2. The van der Waals surface area contributed by atoms with Gasteiger partial charge in [0.2, 0.25) is 5.91 Å². The van der Waals surface area contributed by atoms with Crippen LogP contribution in [0.2, 0.25) is 0 Å². The minimum atomic E-state index is -3.03. The molecule has 1 aromatic rings. The molecule has 3 aliphatic heterocycles. The largest absolute Gasteiger partial charge is 0.338 e. The molecular formula is C18H22N2O4S. The summed E-state index contributed by atoms with van der Waals surface area (Å²) in [6.45, 7) is 0.756. The second kappa shape index (κ2) is 5.83. The van der Waals surface area contributed by atoms with Gasteiger partial charge in [-0.25, -0.2) is 8.42 Å². The van der Waals surface area contributed by atoms with Crippen LogP contribution >= 0.6 is 0 Å². The van der Waals surface area contributed by atoms with E-state index in [1.165, 1.54) is 0 Å². The van der Waals surface area contributed by atoms with E-state index in [1.54, 1.807) is 11.9 Å². The zero-order valence-corrected chi connectivity index (χ0v) is 15.1. The van der Waals surface area contributed by atoms with Crippen molar-refractivity contribution in [3.05, 3.63) is 28.8 Å². The van der Waals surface area contributed by atoms with Crippen LogP contribution in [0.4, 0.5) is 5.69 Å². The Bertz CT molecular complexity index is 845. The number of nitrogens with zero attached hydrogens (tertiary/aromatic N) is 2. The fraction of sp³-hybridized carbons (Fsp3) is 0.556. The Labute approximate surface area is 147 Å². The Morgan fingerprint density at radius 3 is 2.60 bits per heavy atom. The summed E-state index contributed by atoms with van der Waals surface area (Å²) < 4.78 is 23.4. The number of carbonyl (C=O) groups excluding carboxylic acids is 2. The van der Waals surface area contributed by atoms with Gasteiger partial charge in [-0.2, -0.15) is 0 Å². The molecular weight excluding hydrogens is 340 g/mol. The number of aryl methyl sites for hydroxylation is 2. The van der Waals surface area contributed by atoms with Crippen molar-refractivity contribution in [2.75, 3.05) is 30.0 Å². The van der Waals surface area contributed by atoms with E-state index in [2.05, 4.69) is 0 Å². The van der Waals surface area contributed by atoms with Crippen LogP contribution in [0.15, 0.2) is 12.1 Å². The van der Waals surface area contributed by atoms with E-state index in [-0.39, 0.29) is 29.4 Å². The van der Waals surface area contributed by atoms with Gasteiger partial charge in [0.25, 0.3) is 5.91 Å². The van der Waals surface area contributed by atoms with Crippen LogP contribution in [0.5, 0.6) is 0 Å². The molecule has 0 saturated carbocycles. The fourth-order valence-corrected chi connectivity index (χ4v) is 6.00. The van der Waals surface area contributed by atoms with E-state index in [0.29, 0.717) is 24.8 Å².